The summed E-state index contributed by atoms with van der Waals surface area (Å²) >= 11 is 5.88. The Morgan fingerprint density at radius 3 is 2.29 bits per heavy atom. The van der Waals surface area contributed by atoms with Crippen LogP contribution in [0, 0.1) is 13.8 Å². The first-order valence-corrected chi connectivity index (χ1v) is 10.1. The number of rotatable bonds is 8. The minimum atomic E-state index is -0.730. The van der Waals surface area contributed by atoms with Gasteiger partial charge in [0, 0.05) is 39.6 Å². The number of ketones is 2. The van der Waals surface area contributed by atoms with Gasteiger partial charge in [-0.15, -0.1) is 6.58 Å². The van der Waals surface area contributed by atoms with Crippen molar-refractivity contribution in [3.63, 3.8) is 0 Å². The van der Waals surface area contributed by atoms with Crippen LogP contribution in [0.15, 0.2) is 67.3 Å². The Balaban J connectivity index is 1.77. The fourth-order valence-corrected chi connectivity index (χ4v) is 3.52. The summed E-state index contributed by atoms with van der Waals surface area (Å²) in [6.07, 6.45) is 1.75. The van der Waals surface area contributed by atoms with Crippen molar-refractivity contribution in [3.05, 3.63) is 106 Å². The van der Waals surface area contributed by atoms with Crippen LogP contribution in [0.25, 0.3) is 0 Å². The van der Waals surface area contributed by atoms with Crippen LogP contribution in [0.2, 0.25) is 5.02 Å². The Kier molecular flexibility index (Phi) is 6.88. The number of Topliss-reactive ketones (excluding diaryl/α,β-unsaturated/α-hetero) is 1. The zero-order chi connectivity index (χ0) is 22.5. The third-order valence-electron chi connectivity index (χ3n) is 5.02. The van der Waals surface area contributed by atoms with Gasteiger partial charge in [-0.1, -0.05) is 35.9 Å². The number of allylic oxidation sites excluding steroid dienone is 1. The number of carbonyl (C=O) groups is 3. The van der Waals surface area contributed by atoms with Crippen LogP contribution >= 0.6 is 11.6 Å². The first-order valence-electron chi connectivity index (χ1n) is 9.70. The van der Waals surface area contributed by atoms with E-state index in [9.17, 15) is 14.4 Å². The average molecular weight is 436 g/mol. The molecule has 3 aromatic rings. The van der Waals surface area contributed by atoms with Crippen LogP contribution in [0.4, 0.5) is 0 Å². The summed E-state index contributed by atoms with van der Waals surface area (Å²) in [5, 5.41) is 0.509. The van der Waals surface area contributed by atoms with Crippen molar-refractivity contribution in [1.82, 2.24) is 4.57 Å². The highest BCUT2D eigenvalue weighted by Crippen LogP contribution is 2.19. The highest BCUT2D eigenvalue weighted by molar-refractivity contribution is 6.30. The highest BCUT2D eigenvalue weighted by Gasteiger charge is 2.21. The van der Waals surface area contributed by atoms with E-state index in [1.54, 1.807) is 54.6 Å². The maximum Gasteiger partial charge on any atom is 0.339 e. The molecule has 31 heavy (non-hydrogen) atoms. The second-order valence-electron chi connectivity index (χ2n) is 7.06. The number of benzene rings is 2. The molecule has 0 amide bonds. The molecule has 0 aliphatic carbocycles. The molecule has 0 fully saturated rings. The number of hydrogen-bond acceptors (Lipinski definition) is 4. The molecular weight excluding hydrogens is 414 g/mol. The zero-order valence-corrected chi connectivity index (χ0v) is 18.1. The molecule has 0 N–H and O–H groups in total. The highest BCUT2D eigenvalue weighted by atomic mass is 35.5. The summed E-state index contributed by atoms with van der Waals surface area (Å²) in [5.41, 5.74) is 2.91. The molecule has 3 rings (SSSR count). The van der Waals surface area contributed by atoms with Crippen molar-refractivity contribution in [2.45, 2.75) is 20.4 Å². The number of hydrogen-bond donors (Lipinski definition) is 0. The summed E-state index contributed by atoms with van der Waals surface area (Å²) in [4.78, 5) is 38.2. The smallest absolute Gasteiger partial charge is 0.339 e. The third-order valence-corrected chi connectivity index (χ3v) is 5.27. The summed E-state index contributed by atoms with van der Waals surface area (Å²) in [7, 11) is 0. The Hall–Kier alpha value is -3.44. The van der Waals surface area contributed by atoms with E-state index in [4.69, 9.17) is 16.3 Å². The van der Waals surface area contributed by atoms with Crippen molar-refractivity contribution < 1.29 is 19.1 Å². The van der Waals surface area contributed by atoms with Crippen molar-refractivity contribution in [3.8, 4) is 0 Å². The number of esters is 1. The lowest BCUT2D eigenvalue weighted by Crippen LogP contribution is -2.17. The van der Waals surface area contributed by atoms with Gasteiger partial charge in [0.1, 0.15) is 0 Å². The van der Waals surface area contributed by atoms with Crippen LogP contribution in [-0.2, 0) is 11.3 Å². The van der Waals surface area contributed by atoms with Gasteiger partial charge < -0.3 is 9.30 Å². The van der Waals surface area contributed by atoms with E-state index in [2.05, 4.69) is 6.58 Å². The number of halogens is 1. The predicted molar refractivity (Wildman–Crippen MR) is 120 cm³/mol. The molecule has 0 aliphatic heterocycles. The van der Waals surface area contributed by atoms with Crippen molar-refractivity contribution in [2.24, 2.45) is 0 Å². The van der Waals surface area contributed by atoms with Crippen LogP contribution < -0.4 is 0 Å². The van der Waals surface area contributed by atoms with E-state index in [-0.39, 0.29) is 22.7 Å². The van der Waals surface area contributed by atoms with Gasteiger partial charge >= 0.3 is 5.97 Å². The second-order valence-corrected chi connectivity index (χ2v) is 7.50. The largest absolute Gasteiger partial charge is 0.454 e. The number of aryl methyl sites for hydroxylation is 1. The Bertz CT molecular complexity index is 1160. The molecule has 0 bridgehead atoms. The quantitative estimate of drug-likeness (QED) is 0.276. The van der Waals surface area contributed by atoms with E-state index in [1.807, 2.05) is 18.4 Å². The van der Waals surface area contributed by atoms with Gasteiger partial charge in [0.25, 0.3) is 0 Å². The first-order chi connectivity index (χ1) is 14.8. The fraction of sp³-hybridized carbons (Fsp3) is 0.160. The number of carbonyl (C=O) groups excluding carboxylic acids is 3. The molecule has 158 valence electrons. The number of ether oxygens (including phenoxy) is 1. The van der Waals surface area contributed by atoms with Gasteiger partial charge in [-0.3, -0.25) is 9.59 Å². The fourth-order valence-electron chi connectivity index (χ4n) is 3.40. The van der Waals surface area contributed by atoms with Crippen molar-refractivity contribution in [1.29, 1.82) is 0 Å². The molecule has 6 heteroatoms. The molecule has 0 radical (unpaired) electrons. The topological polar surface area (TPSA) is 65.4 Å². The third kappa shape index (κ3) is 4.84. The Labute approximate surface area is 185 Å². The standard InChI is InChI=1S/C25H22ClNO4/c1-4-13-27-16(2)14-22(17(27)3)23(28)15-31-25(30)21-8-6-5-7-20(21)24(29)18-9-11-19(26)12-10-18/h4-12,14H,1,13,15H2,2-3H3. The van der Waals surface area contributed by atoms with E-state index in [1.165, 1.54) is 6.07 Å². The molecule has 1 heterocycles. The molecule has 0 aliphatic rings. The van der Waals surface area contributed by atoms with Gasteiger partial charge in [0.05, 0.1) is 5.56 Å². The van der Waals surface area contributed by atoms with Gasteiger partial charge in [-0.25, -0.2) is 4.79 Å². The molecule has 0 spiro atoms. The van der Waals surface area contributed by atoms with E-state index in [0.717, 1.165) is 11.4 Å². The summed E-state index contributed by atoms with van der Waals surface area (Å²) in [6, 6.07) is 14.5. The molecule has 1 aromatic heterocycles. The van der Waals surface area contributed by atoms with E-state index >= 15 is 0 Å². The zero-order valence-electron chi connectivity index (χ0n) is 17.4. The van der Waals surface area contributed by atoms with E-state index < -0.39 is 12.6 Å². The second kappa shape index (κ2) is 9.58. The molecular formula is C25H22ClNO4. The van der Waals surface area contributed by atoms with Gasteiger partial charge in [0.2, 0.25) is 5.78 Å². The molecule has 0 saturated carbocycles. The number of nitrogens with zero attached hydrogens (tertiary/aromatic N) is 1. The van der Waals surface area contributed by atoms with Crippen LogP contribution in [-0.4, -0.2) is 28.7 Å². The summed E-state index contributed by atoms with van der Waals surface area (Å²) in [5.74, 6) is -1.37. The maximum absolute atomic E-state index is 12.9. The lowest BCUT2D eigenvalue weighted by Gasteiger charge is -2.09. The van der Waals surface area contributed by atoms with Gasteiger partial charge in [-0.05, 0) is 50.2 Å². The van der Waals surface area contributed by atoms with Crippen LogP contribution in [0.1, 0.15) is 48.0 Å². The molecule has 5 nitrogen and oxygen atoms in total. The SMILES string of the molecule is C=CCn1c(C)cc(C(=O)COC(=O)c2ccccc2C(=O)c2ccc(Cl)cc2)c1C. The predicted octanol–water partition coefficient (Wildman–Crippen LogP) is 5.22. The van der Waals surface area contributed by atoms with Crippen molar-refractivity contribution in [2.75, 3.05) is 6.61 Å². The van der Waals surface area contributed by atoms with Crippen LogP contribution in [0.3, 0.4) is 0 Å². The molecule has 0 saturated heterocycles. The normalized spacial score (nSPS) is 10.5. The first kappa shape index (κ1) is 22.2. The van der Waals surface area contributed by atoms with E-state index in [0.29, 0.717) is 22.7 Å². The molecule has 2 aromatic carbocycles. The van der Waals surface area contributed by atoms with Crippen LogP contribution in [0.5, 0.6) is 0 Å². The minimum Gasteiger partial charge on any atom is -0.454 e. The monoisotopic (exact) mass is 435 g/mol. The molecule has 0 unspecified atom stereocenters. The van der Waals surface area contributed by atoms with Gasteiger partial charge in [-0.2, -0.15) is 0 Å². The number of aromatic nitrogens is 1. The van der Waals surface area contributed by atoms with Gasteiger partial charge in [0.15, 0.2) is 12.4 Å². The average Bonchev–Trinajstić information content (AvgIpc) is 3.06. The van der Waals surface area contributed by atoms with Crippen molar-refractivity contribution >= 4 is 29.1 Å². The lowest BCUT2D eigenvalue weighted by molar-refractivity contribution is 0.0472. The lowest BCUT2D eigenvalue weighted by atomic mass is 9.98. The minimum absolute atomic E-state index is 0.104. The Morgan fingerprint density at radius 2 is 1.65 bits per heavy atom. The summed E-state index contributed by atoms with van der Waals surface area (Å²) in [6.45, 7) is 7.64. The maximum atomic E-state index is 12.9. The molecule has 0 atom stereocenters. The summed E-state index contributed by atoms with van der Waals surface area (Å²) < 4.78 is 7.22. The Morgan fingerprint density at radius 1 is 1.00 bits per heavy atom.